The quantitative estimate of drug-likeness (QED) is 0.574. The maximum Gasteiger partial charge on any atom is 0.309 e. The summed E-state index contributed by atoms with van der Waals surface area (Å²) in [5.41, 5.74) is 4.98. The molecule has 13 heavy (non-hydrogen) atoms. The van der Waals surface area contributed by atoms with Crippen LogP contribution in [0.4, 0.5) is 0 Å². The molecule has 1 atom stereocenters. The van der Waals surface area contributed by atoms with Crippen molar-refractivity contribution < 1.29 is 14.3 Å². The van der Waals surface area contributed by atoms with Gasteiger partial charge in [0.05, 0.1) is 19.6 Å². The number of carbonyl (C=O) groups is 2. The third kappa shape index (κ3) is 5.19. The average molecular weight is 188 g/mol. The third-order valence-electron chi connectivity index (χ3n) is 1.61. The molecule has 0 aromatic heterocycles. The van der Waals surface area contributed by atoms with E-state index in [2.05, 4.69) is 4.74 Å². The molecule has 0 aromatic carbocycles. The van der Waals surface area contributed by atoms with Crippen molar-refractivity contribution in [1.29, 1.82) is 0 Å². The average Bonchev–Trinajstić information content (AvgIpc) is 2.01. The minimum absolute atomic E-state index is 0.154. The van der Waals surface area contributed by atoms with Crippen molar-refractivity contribution >= 4 is 11.9 Å². The van der Waals surface area contributed by atoms with E-state index in [9.17, 15) is 9.59 Å². The number of nitrogens with zero attached hydrogens (tertiary/aromatic N) is 1. The van der Waals surface area contributed by atoms with Crippen LogP contribution >= 0.6 is 0 Å². The molecule has 0 radical (unpaired) electrons. The van der Waals surface area contributed by atoms with Crippen LogP contribution in [0, 0.1) is 5.92 Å². The van der Waals surface area contributed by atoms with Crippen molar-refractivity contribution in [2.75, 3.05) is 27.2 Å². The van der Waals surface area contributed by atoms with Crippen molar-refractivity contribution in [2.45, 2.75) is 6.92 Å². The molecule has 0 aromatic rings. The van der Waals surface area contributed by atoms with Crippen molar-refractivity contribution in [2.24, 2.45) is 11.7 Å². The minimum Gasteiger partial charge on any atom is -0.469 e. The van der Waals surface area contributed by atoms with E-state index < -0.39 is 5.91 Å². The summed E-state index contributed by atoms with van der Waals surface area (Å²) in [7, 11) is 3.07. The third-order valence-corrected chi connectivity index (χ3v) is 1.61. The number of amides is 1. The molecule has 0 saturated carbocycles. The van der Waals surface area contributed by atoms with Crippen LogP contribution < -0.4 is 5.73 Å². The lowest BCUT2D eigenvalue weighted by Gasteiger charge is -2.17. The zero-order valence-corrected chi connectivity index (χ0v) is 8.24. The van der Waals surface area contributed by atoms with Crippen LogP contribution in [0.25, 0.3) is 0 Å². The number of primary amides is 1. The van der Waals surface area contributed by atoms with Gasteiger partial charge in [-0.05, 0) is 7.05 Å². The molecule has 2 N–H and O–H groups in total. The van der Waals surface area contributed by atoms with Gasteiger partial charge in [-0.3, -0.25) is 14.5 Å². The maximum atomic E-state index is 11.0. The van der Waals surface area contributed by atoms with E-state index in [1.807, 2.05) is 0 Å². The summed E-state index contributed by atoms with van der Waals surface area (Å²) < 4.78 is 4.54. The van der Waals surface area contributed by atoms with E-state index in [4.69, 9.17) is 5.73 Å². The first kappa shape index (κ1) is 11.9. The zero-order chi connectivity index (χ0) is 10.4. The topological polar surface area (TPSA) is 72.6 Å². The lowest BCUT2D eigenvalue weighted by atomic mass is 10.2. The van der Waals surface area contributed by atoms with Crippen LogP contribution in [0.5, 0.6) is 0 Å². The van der Waals surface area contributed by atoms with Crippen LogP contribution in [0.1, 0.15) is 6.92 Å². The first-order valence-electron chi connectivity index (χ1n) is 4.02. The number of ether oxygens (including phenoxy) is 1. The fourth-order valence-electron chi connectivity index (χ4n) is 1.07. The van der Waals surface area contributed by atoms with Gasteiger partial charge >= 0.3 is 5.97 Å². The van der Waals surface area contributed by atoms with Crippen molar-refractivity contribution in [1.82, 2.24) is 4.90 Å². The van der Waals surface area contributed by atoms with Crippen LogP contribution in [0.15, 0.2) is 0 Å². The monoisotopic (exact) mass is 188 g/mol. The highest BCUT2D eigenvalue weighted by atomic mass is 16.5. The van der Waals surface area contributed by atoms with Crippen molar-refractivity contribution in [3.63, 3.8) is 0 Å². The van der Waals surface area contributed by atoms with E-state index in [-0.39, 0.29) is 18.4 Å². The number of nitrogens with two attached hydrogens (primary N) is 1. The second-order valence-corrected chi connectivity index (χ2v) is 3.09. The highest BCUT2D eigenvalue weighted by Gasteiger charge is 2.15. The summed E-state index contributed by atoms with van der Waals surface area (Å²) in [6.45, 7) is 2.36. The molecule has 0 saturated heterocycles. The van der Waals surface area contributed by atoms with Gasteiger partial charge in [0.25, 0.3) is 0 Å². The van der Waals surface area contributed by atoms with Crippen LogP contribution in [-0.4, -0.2) is 44.0 Å². The molecule has 0 bridgehead atoms. The van der Waals surface area contributed by atoms with Crippen molar-refractivity contribution in [3.8, 4) is 0 Å². The van der Waals surface area contributed by atoms with Gasteiger partial charge in [-0.25, -0.2) is 0 Å². The number of esters is 1. The molecule has 0 rings (SSSR count). The molecular weight excluding hydrogens is 172 g/mol. The Hall–Kier alpha value is -1.10. The SMILES string of the molecule is COC(=O)C(C)CN(C)CC(N)=O. The van der Waals surface area contributed by atoms with Gasteiger partial charge in [-0.15, -0.1) is 0 Å². The number of rotatable bonds is 5. The summed E-state index contributed by atoms with van der Waals surface area (Å²) in [4.78, 5) is 23.1. The molecule has 1 amide bonds. The van der Waals surface area contributed by atoms with Gasteiger partial charge in [0.2, 0.25) is 5.91 Å². The predicted octanol–water partition coefficient (Wildman–Crippen LogP) is -0.787. The lowest BCUT2D eigenvalue weighted by molar-refractivity contribution is -0.145. The van der Waals surface area contributed by atoms with E-state index in [0.29, 0.717) is 6.54 Å². The molecule has 5 heteroatoms. The Labute approximate surface area is 77.8 Å². The number of hydrogen-bond donors (Lipinski definition) is 1. The second kappa shape index (κ2) is 5.53. The number of likely N-dealkylation sites (N-methyl/N-ethyl adjacent to an activating group) is 1. The maximum absolute atomic E-state index is 11.0. The van der Waals surface area contributed by atoms with Gasteiger partial charge in [0.1, 0.15) is 0 Å². The molecule has 0 aliphatic rings. The van der Waals surface area contributed by atoms with Crippen LogP contribution in [0.3, 0.4) is 0 Å². The zero-order valence-electron chi connectivity index (χ0n) is 8.24. The molecule has 0 heterocycles. The molecule has 0 spiro atoms. The van der Waals surface area contributed by atoms with E-state index in [1.54, 1.807) is 18.9 Å². The summed E-state index contributed by atoms with van der Waals surface area (Å²) in [5.74, 6) is -0.926. The normalized spacial score (nSPS) is 12.6. The van der Waals surface area contributed by atoms with Gasteiger partial charge < -0.3 is 10.5 Å². The van der Waals surface area contributed by atoms with Gasteiger partial charge in [0, 0.05) is 6.54 Å². The van der Waals surface area contributed by atoms with Crippen LogP contribution in [0.2, 0.25) is 0 Å². The fourth-order valence-corrected chi connectivity index (χ4v) is 1.07. The second-order valence-electron chi connectivity index (χ2n) is 3.09. The van der Waals surface area contributed by atoms with Gasteiger partial charge in [-0.1, -0.05) is 6.92 Å². The number of carbonyl (C=O) groups excluding carboxylic acids is 2. The molecular formula is C8H16N2O3. The smallest absolute Gasteiger partial charge is 0.309 e. The molecule has 76 valence electrons. The first-order chi connectivity index (χ1) is 5.97. The Morgan fingerprint density at radius 2 is 2.08 bits per heavy atom. The minimum atomic E-state index is -0.403. The van der Waals surface area contributed by atoms with Crippen molar-refractivity contribution in [3.05, 3.63) is 0 Å². The molecule has 0 aliphatic heterocycles. The van der Waals surface area contributed by atoms with Gasteiger partial charge in [0.15, 0.2) is 0 Å². The lowest BCUT2D eigenvalue weighted by Crippen LogP contribution is -2.35. The standard InChI is InChI=1S/C8H16N2O3/c1-6(8(12)13-3)4-10(2)5-7(9)11/h6H,4-5H2,1-3H3,(H2,9,11). The molecule has 0 aliphatic carbocycles. The Morgan fingerprint density at radius 3 is 2.46 bits per heavy atom. The fraction of sp³-hybridized carbons (Fsp3) is 0.750. The highest BCUT2D eigenvalue weighted by Crippen LogP contribution is 1.99. The first-order valence-corrected chi connectivity index (χ1v) is 4.02. The van der Waals surface area contributed by atoms with E-state index in [0.717, 1.165) is 0 Å². The summed E-state index contributed by atoms with van der Waals surface area (Å²) in [6.07, 6.45) is 0. The van der Waals surface area contributed by atoms with E-state index >= 15 is 0 Å². The molecule has 1 unspecified atom stereocenters. The summed E-state index contributed by atoms with van der Waals surface area (Å²) >= 11 is 0. The summed E-state index contributed by atoms with van der Waals surface area (Å²) in [5, 5.41) is 0. The van der Waals surface area contributed by atoms with Gasteiger partial charge in [-0.2, -0.15) is 0 Å². The number of hydrogen-bond acceptors (Lipinski definition) is 4. The largest absolute Gasteiger partial charge is 0.469 e. The Balaban J connectivity index is 3.83. The highest BCUT2D eigenvalue weighted by molar-refractivity contribution is 5.76. The predicted molar refractivity (Wildman–Crippen MR) is 47.9 cm³/mol. The van der Waals surface area contributed by atoms with Crippen LogP contribution in [-0.2, 0) is 14.3 Å². The Morgan fingerprint density at radius 1 is 1.54 bits per heavy atom. The van der Waals surface area contributed by atoms with E-state index in [1.165, 1.54) is 7.11 Å². The Kier molecular flexibility index (Phi) is 5.06. The summed E-state index contributed by atoms with van der Waals surface area (Å²) in [6, 6.07) is 0. The molecule has 0 fully saturated rings. The number of methoxy groups -OCH3 is 1. The molecule has 5 nitrogen and oxygen atoms in total. The Bertz CT molecular complexity index is 194.